The molecule has 2 nitrogen and oxygen atoms in total. The van der Waals surface area contributed by atoms with Crippen LogP contribution < -0.4 is 0 Å². The van der Waals surface area contributed by atoms with Crippen molar-refractivity contribution in [2.75, 3.05) is 0 Å². The van der Waals surface area contributed by atoms with E-state index in [1.807, 2.05) is 39.8 Å². The number of rotatable bonds is 10. The molecule has 0 bridgehead atoms. The van der Waals surface area contributed by atoms with Gasteiger partial charge in [-0.15, -0.1) is 0 Å². The van der Waals surface area contributed by atoms with Gasteiger partial charge in [0.25, 0.3) is 0 Å². The molecule has 330 valence electrons. The van der Waals surface area contributed by atoms with Crippen LogP contribution in [0.5, 0.6) is 0 Å². The van der Waals surface area contributed by atoms with Gasteiger partial charge in [-0.05, 0) is 164 Å². The fourth-order valence-electron chi connectivity index (χ4n) is 10.0. The van der Waals surface area contributed by atoms with Crippen molar-refractivity contribution in [3.8, 4) is 89.0 Å². The van der Waals surface area contributed by atoms with Gasteiger partial charge in [-0.1, -0.05) is 212 Å². The molecule has 0 aliphatic rings. The number of hydrogen-bond acceptors (Lipinski definition) is 2. The van der Waals surface area contributed by atoms with Gasteiger partial charge >= 0.3 is 0 Å². The van der Waals surface area contributed by atoms with Crippen molar-refractivity contribution in [2.45, 2.75) is 44.4 Å². The molecule has 0 aliphatic heterocycles. The van der Waals surface area contributed by atoms with Gasteiger partial charge < -0.3 is 0 Å². The Morgan fingerprint density at radius 3 is 0.750 bits per heavy atom. The van der Waals surface area contributed by atoms with Gasteiger partial charge in [0.2, 0.25) is 9.84 Å². The molecule has 0 saturated carbocycles. The summed E-state index contributed by atoms with van der Waals surface area (Å²) in [4.78, 5) is 0.696. The molecule has 0 heterocycles. The van der Waals surface area contributed by atoms with E-state index in [-0.39, 0.29) is 4.90 Å². The minimum Gasteiger partial charge on any atom is -0.218 e. The van der Waals surface area contributed by atoms with Crippen LogP contribution in [0.4, 0.5) is 0 Å². The summed E-state index contributed by atoms with van der Waals surface area (Å²) in [5.41, 5.74) is 22.6. The average molecular weight is 897 g/mol. The fraction of sp³-hybridized carbons (Fsp3) is 0.0769. The first kappa shape index (κ1) is 44.0. The molecule has 0 aromatic heterocycles. The molecular weight excluding hydrogens is 845 g/mol. The van der Waals surface area contributed by atoms with Crippen LogP contribution in [0.3, 0.4) is 0 Å². The Labute approximate surface area is 401 Å². The molecule has 0 saturated heterocycles. The highest BCUT2D eigenvalue weighted by molar-refractivity contribution is 7.91. The first-order chi connectivity index (χ1) is 33.1. The minimum absolute atomic E-state index is 0.286. The van der Waals surface area contributed by atoms with Crippen LogP contribution in [-0.2, 0) is 9.84 Å². The van der Waals surface area contributed by atoms with Crippen LogP contribution in [0.15, 0.2) is 234 Å². The summed E-state index contributed by atoms with van der Waals surface area (Å²) in [7, 11) is -3.80. The van der Waals surface area contributed by atoms with Gasteiger partial charge in [-0.2, -0.15) is 0 Å². The monoisotopic (exact) mass is 896 g/mol. The van der Waals surface area contributed by atoms with Crippen molar-refractivity contribution in [3.05, 3.63) is 252 Å². The van der Waals surface area contributed by atoms with E-state index >= 15 is 0 Å². The summed E-state index contributed by atoms with van der Waals surface area (Å²) in [6, 6.07) is 78.8. The van der Waals surface area contributed by atoms with Crippen LogP contribution in [0, 0.1) is 34.6 Å². The van der Waals surface area contributed by atoms with Gasteiger partial charge in [-0.25, -0.2) is 8.42 Å². The molecule has 10 aromatic rings. The second-order valence-corrected chi connectivity index (χ2v) is 19.6. The summed E-state index contributed by atoms with van der Waals surface area (Å²) in [5, 5.41) is 0. The molecule has 0 N–H and O–H groups in total. The predicted octanol–water partition coefficient (Wildman–Crippen LogP) is 17.4. The van der Waals surface area contributed by atoms with Crippen molar-refractivity contribution in [1.82, 2.24) is 0 Å². The summed E-state index contributed by atoms with van der Waals surface area (Å²) < 4.78 is 29.0. The molecule has 0 aliphatic carbocycles. The SMILES string of the molecule is Cc1c(C)c(C)c(S(=O)(=O)c2ccc(-c3ccc(-c4ccccc4)c(-c4ccc(-c5c(-c6ccccc6)ccc(-c6ccccc6)c5-c5ccccc5)cc4)c3-c3ccccc3)cc2)c(C)c1C. The van der Waals surface area contributed by atoms with Gasteiger partial charge in [0.1, 0.15) is 0 Å². The second kappa shape index (κ2) is 18.4. The Hall–Kier alpha value is -7.85. The van der Waals surface area contributed by atoms with E-state index in [0.29, 0.717) is 4.90 Å². The van der Waals surface area contributed by atoms with E-state index in [4.69, 9.17) is 0 Å². The van der Waals surface area contributed by atoms with Crippen molar-refractivity contribution < 1.29 is 8.42 Å². The normalized spacial score (nSPS) is 11.4. The quantitative estimate of drug-likeness (QED) is 0.137. The summed E-state index contributed by atoms with van der Waals surface area (Å²) in [5.74, 6) is 0. The maximum absolute atomic E-state index is 14.5. The Kier molecular flexibility index (Phi) is 11.9. The first-order valence-electron chi connectivity index (χ1n) is 23.3. The van der Waals surface area contributed by atoms with Crippen LogP contribution in [-0.4, -0.2) is 8.42 Å². The Morgan fingerprint density at radius 1 is 0.235 bits per heavy atom. The smallest absolute Gasteiger partial charge is 0.207 e. The van der Waals surface area contributed by atoms with Gasteiger partial charge in [-0.3, -0.25) is 0 Å². The van der Waals surface area contributed by atoms with Gasteiger partial charge in [0, 0.05) is 0 Å². The molecule has 0 radical (unpaired) electrons. The first-order valence-corrected chi connectivity index (χ1v) is 24.7. The molecule has 68 heavy (non-hydrogen) atoms. The lowest BCUT2D eigenvalue weighted by Crippen LogP contribution is -2.10. The minimum atomic E-state index is -3.80. The van der Waals surface area contributed by atoms with E-state index < -0.39 is 9.84 Å². The third-order valence-corrected chi connectivity index (χ3v) is 16.0. The third kappa shape index (κ3) is 7.99. The molecular formula is C65H52O2S. The van der Waals surface area contributed by atoms with Gasteiger partial charge in [0.05, 0.1) is 9.79 Å². The third-order valence-electron chi connectivity index (χ3n) is 13.9. The number of hydrogen-bond donors (Lipinski definition) is 0. The molecule has 3 heteroatoms. The zero-order valence-corrected chi connectivity index (χ0v) is 39.9. The fourth-order valence-corrected chi connectivity index (χ4v) is 11.9. The molecule has 0 amide bonds. The van der Waals surface area contributed by atoms with Crippen molar-refractivity contribution >= 4 is 9.84 Å². The molecule has 10 rings (SSSR count). The standard InChI is InChI=1S/C65H52O2S/c1-43-44(2)46(4)65(47(5)45(43)3)68(66,67)56-37-35-51(36-38-56)60-42-41-59(50-25-15-8-16-26-50)64(62(60)53-29-19-10-20-30-53)55-33-31-54(32-34-55)63-58(49-23-13-7-14-24-49)40-39-57(48-21-11-6-12-22-48)61(63)52-27-17-9-18-28-52/h6-42H,1-5H3. The second-order valence-electron chi connectivity index (χ2n) is 17.7. The van der Waals surface area contributed by atoms with Gasteiger partial charge in [0.15, 0.2) is 0 Å². The lowest BCUT2D eigenvalue weighted by Gasteiger charge is -2.23. The number of benzene rings is 10. The van der Waals surface area contributed by atoms with E-state index in [9.17, 15) is 8.42 Å². The van der Waals surface area contributed by atoms with Crippen LogP contribution in [0.2, 0.25) is 0 Å². The highest BCUT2D eigenvalue weighted by atomic mass is 32.2. The Morgan fingerprint density at radius 2 is 0.456 bits per heavy atom. The maximum Gasteiger partial charge on any atom is 0.207 e. The van der Waals surface area contributed by atoms with E-state index in [0.717, 1.165) is 100 Å². The molecule has 0 unspecified atom stereocenters. The predicted molar refractivity (Wildman–Crippen MR) is 286 cm³/mol. The van der Waals surface area contributed by atoms with E-state index in [1.165, 1.54) is 16.7 Å². The Bertz CT molecular complexity index is 3520. The largest absolute Gasteiger partial charge is 0.218 e. The summed E-state index contributed by atoms with van der Waals surface area (Å²) in [6.07, 6.45) is 0. The van der Waals surface area contributed by atoms with Crippen LogP contribution in [0.25, 0.3) is 89.0 Å². The van der Waals surface area contributed by atoms with Crippen molar-refractivity contribution in [2.24, 2.45) is 0 Å². The van der Waals surface area contributed by atoms with E-state index in [1.54, 1.807) is 12.1 Å². The lowest BCUT2D eigenvalue weighted by atomic mass is 9.81. The zero-order valence-electron chi connectivity index (χ0n) is 39.1. The highest BCUT2D eigenvalue weighted by Crippen LogP contribution is 2.49. The van der Waals surface area contributed by atoms with E-state index in [2.05, 4.69) is 207 Å². The molecule has 0 fully saturated rings. The topological polar surface area (TPSA) is 34.1 Å². The molecule has 10 aromatic carbocycles. The van der Waals surface area contributed by atoms with Crippen LogP contribution in [0.1, 0.15) is 27.8 Å². The van der Waals surface area contributed by atoms with Crippen LogP contribution >= 0.6 is 0 Å². The summed E-state index contributed by atoms with van der Waals surface area (Å²) in [6.45, 7) is 9.96. The zero-order chi connectivity index (χ0) is 46.9. The number of sulfone groups is 1. The molecule has 0 spiro atoms. The maximum atomic E-state index is 14.5. The van der Waals surface area contributed by atoms with Crippen molar-refractivity contribution in [1.29, 1.82) is 0 Å². The Balaban J connectivity index is 1.18. The summed E-state index contributed by atoms with van der Waals surface area (Å²) >= 11 is 0. The lowest BCUT2D eigenvalue weighted by molar-refractivity contribution is 0.594. The molecule has 0 atom stereocenters. The highest BCUT2D eigenvalue weighted by Gasteiger charge is 2.27. The average Bonchev–Trinajstić information content (AvgIpc) is 3.40. The van der Waals surface area contributed by atoms with Crippen molar-refractivity contribution in [3.63, 3.8) is 0 Å².